The standard InChI is InChI=1S/C11H15N3O3S/c1-7(14-16)9-6-18-11(12-9)13-10(15)8-2-4-17-5-3-8/h6,8,16H,2-5H2,1H3,(H,12,13,15)/b14-7+. The van der Waals surface area contributed by atoms with Gasteiger partial charge in [0.05, 0.1) is 0 Å². The van der Waals surface area contributed by atoms with Crippen molar-refractivity contribution in [3.8, 4) is 0 Å². The van der Waals surface area contributed by atoms with Crippen molar-refractivity contribution in [1.29, 1.82) is 0 Å². The van der Waals surface area contributed by atoms with Gasteiger partial charge in [-0.05, 0) is 19.8 Å². The molecule has 0 unspecified atom stereocenters. The van der Waals surface area contributed by atoms with Crippen molar-refractivity contribution in [3.05, 3.63) is 11.1 Å². The van der Waals surface area contributed by atoms with E-state index < -0.39 is 0 Å². The number of anilines is 1. The number of aromatic nitrogens is 1. The van der Waals surface area contributed by atoms with E-state index in [2.05, 4.69) is 15.5 Å². The Morgan fingerprint density at radius 2 is 2.33 bits per heavy atom. The van der Waals surface area contributed by atoms with Crippen molar-refractivity contribution in [2.45, 2.75) is 19.8 Å². The zero-order chi connectivity index (χ0) is 13.0. The number of nitrogens with zero attached hydrogens (tertiary/aromatic N) is 2. The predicted molar refractivity (Wildman–Crippen MR) is 68.3 cm³/mol. The summed E-state index contributed by atoms with van der Waals surface area (Å²) in [5.41, 5.74) is 1.00. The van der Waals surface area contributed by atoms with Gasteiger partial charge < -0.3 is 15.3 Å². The zero-order valence-corrected chi connectivity index (χ0v) is 10.9. The number of hydrogen-bond acceptors (Lipinski definition) is 6. The average Bonchev–Trinajstić information content (AvgIpc) is 2.87. The summed E-state index contributed by atoms with van der Waals surface area (Å²) in [6, 6.07) is 0. The number of amides is 1. The van der Waals surface area contributed by atoms with Gasteiger partial charge in [-0.3, -0.25) is 4.79 Å². The molecule has 0 radical (unpaired) electrons. The van der Waals surface area contributed by atoms with Gasteiger partial charge >= 0.3 is 0 Å². The fourth-order valence-corrected chi connectivity index (χ4v) is 2.47. The number of rotatable bonds is 3. The van der Waals surface area contributed by atoms with E-state index in [-0.39, 0.29) is 11.8 Å². The van der Waals surface area contributed by atoms with Crippen LogP contribution in [0.3, 0.4) is 0 Å². The molecule has 0 saturated carbocycles. The summed E-state index contributed by atoms with van der Waals surface area (Å²) < 4.78 is 5.21. The van der Waals surface area contributed by atoms with E-state index in [0.717, 1.165) is 12.8 Å². The van der Waals surface area contributed by atoms with E-state index in [1.54, 1.807) is 12.3 Å². The van der Waals surface area contributed by atoms with E-state index in [1.807, 2.05) is 0 Å². The molecule has 1 fully saturated rings. The van der Waals surface area contributed by atoms with Crippen LogP contribution in [0.15, 0.2) is 10.5 Å². The average molecular weight is 269 g/mol. The minimum absolute atomic E-state index is 0.00120. The van der Waals surface area contributed by atoms with Crippen molar-refractivity contribution in [2.24, 2.45) is 11.1 Å². The molecule has 1 amide bonds. The Bertz CT molecular complexity index is 452. The van der Waals surface area contributed by atoms with Crippen LogP contribution in [0.5, 0.6) is 0 Å². The second-order valence-corrected chi connectivity index (χ2v) is 4.96. The molecular weight excluding hydrogens is 254 g/mol. The highest BCUT2D eigenvalue weighted by molar-refractivity contribution is 7.14. The van der Waals surface area contributed by atoms with Gasteiger partial charge in [-0.2, -0.15) is 0 Å². The lowest BCUT2D eigenvalue weighted by molar-refractivity contribution is -0.122. The number of ether oxygens (including phenoxy) is 1. The monoisotopic (exact) mass is 269 g/mol. The Morgan fingerprint density at radius 3 is 3.00 bits per heavy atom. The number of hydrogen-bond donors (Lipinski definition) is 2. The van der Waals surface area contributed by atoms with Crippen LogP contribution in [-0.2, 0) is 9.53 Å². The second kappa shape index (κ2) is 5.92. The third kappa shape index (κ3) is 3.05. The molecule has 2 heterocycles. The lowest BCUT2D eigenvalue weighted by Gasteiger charge is -2.20. The Labute approximate surface area is 109 Å². The van der Waals surface area contributed by atoms with Gasteiger partial charge in [0.15, 0.2) is 5.13 Å². The van der Waals surface area contributed by atoms with Crippen molar-refractivity contribution in [1.82, 2.24) is 4.98 Å². The quantitative estimate of drug-likeness (QED) is 0.497. The Kier molecular flexibility index (Phi) is 4.27. The minimum atomic E-state index is -0.0159. The van der Waals surface area contributed by atoms with E-state index in [1.165, 1.54) is 11.3 Å². The van der Waals surface area contributed by atoms with E-state index >= 15 is 0 Å². The van der Waals surface area contributed by atoms with Crippen LogP contribution in [0, 0.1) is 5.92 Å². The summed E-state index contributed by atoms with van der Waals surface area (Å²) >= 11 is 1.32. The summed E-state index contributed by atoms with van der Waals surface area (Å²) in [6.45, 7) is 2.92. The molecule has 18 heavy (non-hydrogen) atoms. The number of carbonyl (C=O) groups excluding carboxylic acids is 1. The molecule has 7 heteroatoms. The van der Waals surface area contributed by atoms with Gasteiger partial charge in [0.25, 0.3) is 0 Å². The SMILES string of the molecule is C/C(=N\O)c1csc(NC(=O)C2CCOCC2)n1. The largest absolute Gasteiger partial charge is 0.411 e. The first-order chi connectivity index (χ1) is 8.70. The summed E-state index contributed by atoms with van der Waals surface area (Å²) in [5.74, 6) is -0.0171. The lowest BCUT2D eigenvalue weighted by Crippen LogP contribution is -2.28. The second-order valence-electron chi connectivity index (χ2n) is 4.10. The lowest BCUT2D eigenvalue weighted by atomic mass is 10.00. The molecule has 1 saturated heterocycles. The van der Waals surface area contributed by atoms with Crippen LogP contribution < -0.4 is 5.32 Å². The number of thiazole rings is 1. The maximum atomic E-state index is 11.9. The Hall–Kier alpha value is -1.47. The molecule has 1 aromatic heterocycles. The first-order valence-corrected chi connectivity index (χ1v) is 6.62. The highest BCUT2D eigenvalue weighted by Crippen LogP contribution is 2.20. The minimum Gasteiger partial charge on any atom is -0.411 e. The van der Waals surface area contributed by atoms with Gasteiger partial charge in [-0.1, -0.05) is 5.16 Å². The summed E-state index contributed by atoms with van der Waals surface area (Å²) in [5, 5.41) is 16.8. The molecule has 2 N–H and O–H groups in total. The van der Waals surface area contributed by atoms with Gasteiger partial charge in [0.2, 0.25) is 5.91 Å². The molecule has 1 aromatic rings. The summed E-state index contributed by atoms with van der Waals surface area (Å²) in [6.07, 6.45) is 1.50. The number of carbonyl (C=O) groups is 1. The first kappa shape index (κ1) is 13.0. The molecule has 0 spiro atoms. The molecule has 0 bridgehead atoms. The Balaban J connectivity index is 1.96. The van der Waals surface area contributed by atoms with Crippen LogP contribution >= 0.6 is 11.3 Å². The topological polar surface area (TPSA) is 83.8 Å². The third-order valence-corrected chi connectivity index (χ3v) is 3.60. The fraction of sp³-hybridized carbons (Fsp3) is 0.545. The normalized spacial score (nSPS) is 17.7. The number of oxime groups is 1. The highest BCUT2D eigenvalue weighted by Gasteiger charge is 2.22. The van der Waals surface area contributed by atoms with Gasteiger partial charge in [0, 0.05) is 24.5 Å². The van der Waals surface area contributed by atoms with Gasteiger partial charge in [0.1, 0.15) is 11.4 Å². The molecule has 2 rings (SSSR count). The van der Waals surface area contributed by atoms with Crippen LogP contribution in [0.25, 0.3) is 0 Å². The highest BCUT2D eigenvalue weighted by atomic mass is 32.1. The molecule has 6 nitrogen and oxygen atoms in total. The zero-order valence-electron chi connectivity index (χ0n) is 10.0. The van der Waals surface area contributed by atoms with Crippen LogP contribution in [-0.4, -0.2) is 35.0 Å². The Morgan fingerprint density at radius 1 is 1.61 bits per heavy atom. The van der Waals surface area contributed by atoms with Crippen LogP contribution in [0.1, 0.15) is 25.5 Å². The van der Waals surface area contributed by atoms with Crippen LogP contribution in [0.2, 0.25) is 0 Å². The molecular formula is C11H15N3O3S. The van der Waals surface area contributed by atoms with Gasteiger partial charge in [-0.25, -0.2) is 4.98 Å². The maximum Gasteiger partial charge on any atom is 0.229 e. The molecule has 1 aliphatic rings. The van der Waals surface area contributed by atoms with Crippen molar-refractivity contribution < 1.29 is 14.7 Å². The maximum absolute atomic E-state index is 11.9. The van der Waals surface area contributed by atoms with Crippen molar-refractivity contribution in [3.63, 3.8) is 0 Å². The smallest absolute Gasteiger partial charge is 0.229 e. The molecule has 1 aliphatic heterocycles. The first-order valence-electron chi connectivity index (χ1n) is 5.74. The molecule has 0 atom stereocenters. The van der Waals surface area contributed by atoms with E-state index in [4.69, 9.17) is 9.94 Å². The van der Waals surface area contributed by atoms with Crippen LogP contribution in [0.4, 0.5) is 5.13 Å². The molecule has 0 aliphatic carbocycles. The summed E-state index contributed by atoms with van der Waals surface area (Å²) in [7, 11) is 0. The third-order valence-electron chi connectivity index (χ3n) is 2.85. The van der Waals surface area contributed by atoms with Crippen molar-refractivity contribution in [2.75, 3.05) is 18.5 Å². The van der Waals surface area contributed by atoms with E-state index in [0.29, 0.717) is 29.8 Å². The predicted octanol–water partition coefficient (Wildman–Crippen LogP) is 1.71. The van der Waals surface area contributed by atoms with Crippen molar-refractivity contribution >= 4 is 28.1 Å². The fourth-order valence-electron chi connectivity index (χ4n) is 1.72. The molecule has 0 aromatic carbocycles. The van der Waals surface area contributed by atoms with Gasteiger partial charge in [-0.15, -0.1) is 11.3 Å². The molecule has 98 valence electrons. The summed E-state index contributed by atoms with van der Waals surface area (Å²) in [4.78, 5) is 16.1. The number of nitrogens with one attached hydrogen (secondary N) is 1. The van der Waals surface area contributed by atoms with E-state index in [9.17, 15) is 4.79 Å².